The SMILES string of the molecule is CCC(C)Oc1cccc(C2(C)Nc3ccccc3C(=O)N2C)c1. The van der Waals surface area contributed by atoms with Crippen molar-refractivity contribution in [2.24, 2.45) is 0 Å². The first kappa shape index (κ1) is 16.4. The molecule has 0 bridgehead atoms. The Kier molecular flexibility index (Phi) is 4.22. The van der Waals surface area contributed by atoms with Crippen molar-refractivity contribution in [2.45, 2.75) is 39.0 Å². The summed E-state index contributed by atoms with van der Waals surface area (Å²) in [6, 6.07) is 15.6. The molecular weight excluding hydrogens is 300 g/mol. The van der Waals surface area contributed by atoms with E-state index in [9.17, 15) is 4.79 Å². The van der Waals surface area contributed by atoms with Gasteiger partial charge in [0.25, 0.3) is 5.91 Å². The minimum absolute atomic E-state index is 0.0140. The third kappa shape index (κ3) is 2.73. The summed E-state index contributed by atoms with van der Waals surface area (Å²) in [4.78, 5) is 14.5. The lowest BCUT2D eigenvalue weighted by Crippen LogP contribution is -2.53. The maximum absolute atomic E-state index is 12.8. The summed E-state index contributed by atoms with van der Waals surface area (Å²) in [7, 11) is 1.83. The van der Waals surface area contributed by atoms with Crippen molar-refractivity contribution in [2.75, 3.05) is 12.4 Å². The Bertz CT molecular complexity index is 759. The van der Waals surface area contributed by atoms with Crippen molar-refractivity contribution in [3.05, 3.63) is 59.7 Å². The molecule has 4 nitrogen and oxygen atoms in total. The molecule has 0 fully saturated rings. The fourth-order valence-electron chi connectivity index (χ4n) is 2.96. The van der Waals surface area contributed by atoms with Gasteiger partial charge in [-0.3, -0.25) is 4.79 Å². The number of benzene rings is 2. The second-order valence-corrected chi connectivity index (χ2v) is 6.47. The number of rotatable bonds is 4. The highest BCUT2D eigenvalue weighted by Crippen LogP contribution is 2.37. The van der Waals surface area contributed by atoms with Crippen LogP contribution in [0.4, 0.5) is 5.69 Å². The third-order valence-electron chi connectivity index (χ3n) is 4.82. The van der Waals surface area contributed by atoms with Gasteiger partial charge in [-0.25, -0.2) is 0 Å². The van der Waals surface area contributed by atoms with Crippen molar-refractivity contribution in [3.8, 4) is 5.75 Å². The van der Waals surface area contributed by atoms with Gasteiger partial charge in [0.05, 0.1) is 11.7 Å². The molecule has 1 amide bonds. The van der Waals surface area contributed by atoms with Gasteiger partial charge < -0.3 is 15.0 Å². The number of nitrogens with zero attached hydrogens (tertiary/aromatic N) is 1. The molecule has 2 atom stereocenters. The van der Waals surface area contributed by atoms with Crippen molar-refractivity contribution in [1.29, 1.82) is 0 Å². The van der Waals surface area contributed by atoms with Crippen molar-refractivity contribution >= 4 is 11.6 Å². The Morgan fingerprint density at radius 1 is 1.21 bits per heavy atom. The minimum Gasteiger partial charge on any atom is -0.491 e. The van der Waals surface area contributed by atoms with Crippen molar-refractivity contribution in [3.63, 3.8) is 0 Å². The quantitative estimate of drug-likeness (QED) is 0.915. The molecule has 0 aromatic heterocycles. The number of carbonyl (C=O) groups is 1. The second kappa shape index (κ2) is 6.19. The van der Waals surface area contributed by atoms with E-state index in [1.54, 1.807) is 4.90 Å². The van der Waals surface area contributed by atoms with E-state index in [1.165, 1.54) is 0 Å². The Morgan fingerprint density at radius 3 is 2.71 bits per heavy atom. The van der Waals surface area contributed by atoms with Crippen LogP contribution >= 0.6 is 0 Å². The maximum Gasteiger partial charge on any atom is 0.257 e. The van der Waals surface area contributed by atoms with Crippen molar-refractivity contribution in [1.82, 2.24) is 4.90 Å². The number of hydrogen-bond donors (Lipinski definition) is 1. The predicted molar refractivity (Wildman–Crippen MR) is 96.3 cm³/mol. The summed E-state index contributed by atoms with van der Waals surface area (Å²) >= 11 is 0. The number of carbonyl (C=O) groups excluding carboxylic acids is 1. The molecule has 1 N–H and O–H groups in total. The molecule has 3 rings (SSSR count). The molecule has 1 aliphatic rings. The lowest BCUT2D eigenvalue weighted by Gasteiger charge is -2.44. The molecule has 4 heteroatoms. The van der Waals surface area contributed by atoms with Crippen LogP contribution in [0.3, 0.4) is 0 Å². The summed E-state index contributed by atoms with van der Waals surface area (Å²) in [5.74, 6) is 0.838. The highest BCUT2D eigenvalue weighted by atomic mass is 16.5. The van der Waals surface area contributed by atoms with Gasteiger partial charge >= 0.3 is 0 Å². The average Bonchev–Trinajstić information content (AvgIpc) is 2.60. The minimum atomic E-state index is -0.625. The number of hydrogen-bond acceptors (Lipinski definition) is 3. The summed E-state index contributed by atoms with van der Waals surface area (Å²) in [5.41, 5.74) is 1.93. The molecule has 1 aliphatic heterocycles. The van der Waals surface area contributed by atoms with E-state index in [4.69, 9.17) is 4.74 Å². The smallest absolute Gasteiger partial charge is 0.257 e. The Labute approximate surface area is 143 Å². The predicted octanol–water partition coefficient (Wildman–Crippen LogP) is 4.23. The van der Waals surface area contributed by atoms with Gasteiger partial charge in [0.15, 0.2) is 0 Å². The molecule has 0 radical (unpaired) electrons. The van der Waals surface area contributed by atoms with Crippen LogP contribution in [0.1, 0.15) is 43.1 Å². The van der Waals surface area contributed by atoms with Crippen LogP contribution in [-0.4, -0.2) is 24.0 Å². The summed E-state index contributed by atoms with van der Waals surface area (Å²) in [6.45, 7) is 6.17. The molecular formula is C20H24N2O2. The van der Waals surface area contributed by atoms with Crippen molar-refractivity contribution < 1.29 is 9.53 Å². The molecule has 24 heavy (non-hydrogen) atoms. The van der Waals surface area contributed by atoms with E-state index in [0.29, 0.717) is 5.56 Å². The van der Waals surface area contributed by atoms with Gasteiger partial charge in [-0.05, 0) is 44.5 Å². The lowest BCUT2D eigenvalue weighted by molar-refractivity contribution is 0.0614. The van der Waals surface area contributed by atoms with Gasteiger partial charge in [0, 0.05) is 18.3 Å². The van der Waals surface area contributed by atoms with Crippen LogP contribution in [0.5, 0.6) is 5.75 Å². The molecule has 1 heterocycles. The van der Waals surface area contributed by atoms with Crippen LogP contribution in [0, 0.1) is 0 Å². The van der Waals surface area contributed by atoms with E-state index >= 15 is 0 Å². The molecule has 0 aliphatic carbocycles. The number of anilines is 1. The van der Waals surface area contributed by atoms with Gasteiger partial charge in [-0.15, -0.1) is 0 Å². The zero-order chi connectivity index (χ0) is 17.3. The van der Waals surface area contributed by atoms with Crippen LogP contribution < -0.4 is 10.1 Å². The van der Waals surface area contributed by atoms with E-state index < -0.39 is 5.66 Å². The Morgan fingerprint density at radius 2 is 1.96 bits per heavy atom. The van der Waals surface area contributed by atoms with Gasteiger partial charge in [-0.2, -0.15) is 0 Å². The number of para-hydroxylation sites is 1. The largest absolute Gasteiger partial charge is 0.491 e. The van der Waals surface area contributed by atoms with Crippen LogP contribution in [-0.2, 0) is 5.66 Å². The van der Waals surface area contributed by atoms with Gasteiger partial charge in [0.2, 0.25) is 0 Å². The average molecular weight is 324 g/mol. The van der Waals surface area contributed by atoms with E-state index in [2.05, 4.69) is 19.2 Å². The molecule has 2 unspecified atom stereocenters. The summed E-state index contributed by atoms with van der Waals surface area (Å²) in [6.07, 6.45) is 1.11. The Balaban J connectivity index is 1.99. The van der Waals surface area contributed by atoms with E-state index in [0.717, 1.165) is 23.4 Å². The first-order valence-corrected chi connectivity index (χ1v) is 8.38. The van der Waals surface area contributed by atoms with Gasteiger partial charge in [-0.1, -0.05) is 31.2 Å². The van der Waals surface area contributed by atoms with Crippen LogP contribution in [0.25, 0.3) is 0 Å². The number of nitrogens with one attached hydrogen (secondary N) is 1. The van der Waals surface area contributed by atoms with Crippen LogP contribution in [0.2, 0.25) is 0 Å². The highest BCUT2D eigenvalue weighted by Gasteiger charge is 2.40. The summed E-state index contributed by atoms with van der Waals surface area (Å²) < 4.78 is 5.94. The maximum atomic E-state index is 12.8. The number of ether oxygens (including phenoxy) is 1. The molecule has 2 aromatic rings. The lowest BCUT2D eigenvalue weighted by atomic mass is 9.94. The molecule has 126 valence electrons. The molecule has 0 spiro atoms. The highest BCUT2D eigenvalue weighted by molar-refractivity contribution is 6.02. The van der Waals surface area contributed by atoms with Gasteiger partial charge in [0.1, 0.15) is 11.4 Å². The zero-order valence-electron chi connectivity index (χ0n) is 14.7. The van der Waals surface area contributed by atoms with Crippen LogP contribution in [0.15, 0.2) is 48.5 Å². The zero-order valence-corrected chi connectivity index (χ0v) is 14.7. The second-order valence-electron chi connectivity index (χ2n) is 6.47. The fraction of sp³-hybridized carbons (Fsp3) is 0.350. The molecule has 0 saturated heterocycles. The first-order valence-electron chi connectivity index (χ1n) is 8.38. The number of fused-ring (bicyclic) bond motifs is 1. The third-order valence-corrected chi connectivity index (χ3v) is 4.82. The monoisotopic (exact) mass is 324 g/mol. The molecule has 0 saturated carbocycles. The standard InChI is InChI=1S/C20H24N2O2/c1-5-14(2)24-16-10-8-9-15(13-16)20(3)21-18-12-7-6-11-17(18)19(23)22(20)4/h6-14,21H,5H2,1-4H3. The number of amides is 1. The fourth-order valence-corrected chi connectivity index (χ4v) is 2.96. The van der Waals surface area contributed by atoms with E-state index in [-0.39, 0.29) is 12.0 Å². The summed E-state index contributed by atoms with van der Waals surface area (Å²) in [5, 5.41) is 3.51. The molecule has 2 aromatic carbocycles. The van der Waals surface area contributed by atoms with E-state index in [1.807, 2.05) is 62.5 Å². The first-order chi connectivity index (χ1) is 11.5. The topological polar surface area (TPSA) is 41.6 Å². The Hall–Kier alpha value is -2.49. The normalized spacial score (nSPS) is 21.0.